The highest BCUT2D eigenvalue weighted by molar-refractivity contribution is 6.00. The highest BCUT2D eigenvalue weighted by Gasteiger charge is 2.51. The van der Waals surface area contributed by atoms with Crippen LogP contribution in [0.25, 0.3) is 0 Å². The van der Waals surface area contributed by atoms with Crippen LogP contribution in [0.2, 0.25) is 0 Å². The number of pyridine rings is 1. The number of aryl methyl sites for hydroxylation is 2. The SMILES string of the molecule is Cc1ccc(Nc2ccc(CNC(=O)C3(CC(=O)c4cnc(C)nc4)CC3)nc2)c(C(F)(F)F)c1. The second kappa shape index (κ2) is 9.44. The molecule has 0 spiro atoms. The maximum Gasteiger partial charge on any atom is 0.418 e. The molecule has 7 nitrogen and oxygen atoms in total. The molecular weight excluding hydrogens is 459 g/mol. The molecule has 182 valence electrons. The normalized spacial score (nSPS) is 14.3. The first-order valence-corrected chi connectivity index (χ1v) is 11.1. The van der Waals surface area contributed by atoms with E-state index in [1.165, 1.54) is 24.7 Å². The molecule has 35 heavy (non-hydrogen) atoms. The Bertz CT molecular complexity index is 1240. The Morgan fingerprint density at radius 3 is 2.31 bits per heavy atom. The maximum atomic E-state index is 13.3. The quantitative estimate of drug-likeness (QED) is 0.442. The number of benzene rings is 1. The first kappa shape index (κ1) is 24.3. The van der Waals surface area contributed by atoms with Gasteiger partial charge in [-0.1, -0.05) is 11.6 Å². The minimum atomic E-state index is -4.49. The minimum absolute atomic E-state index is 0.0646. The Balaban J connectivity index is 1.34. The second-order valence-corrected chi connectivity index (χ2v) is 8.79. The maximum absolute atomic E-state index is 13.3. The fourth-order valence-corrected chi connectivity index (χ4v) is 3.70. The van der Waals surface area contributed by atoms with Gasteiger partial charge in [0.1, 0.15) is 5.82 Å². The number of aromatic nitrogens is 3. The molecule has 1 aromatic carbocycles. The smallest absolute Gasteiger partial charge is 0.354 e. The minimum Gasteiger partial charge on any atom is -0.354 e. The molecule has 0 bridgehead atoms. The van der Waals surface area contributed by atoms with Gasteiger partial charge in [-0.2, -0.15) is 13.2 Å². The molecule has 1 fully saturated rings. The lowest BCUT2D eigenvalue weighted by atomic mass is 9.95. The van der Waals surface area contributed by atoms with Crippen molar-refractivity contribution in [2.75, 3.05) is 5.32 Å². The molecule has 2 N–H and O–H groups in total. The lowest BCUT2D eigenvalue weighted by molar-refractivity contribution is -0.137. The first-order chi connectivity index (χ1) is 16.6. The summed E-state index contributed by atoms with van der Waals surface area (Å²) >= 11 is 0. The van der Waals surface area contributed by atoms with Gasteiger partial charge in [0.25, 0.3) is 0 Å². The van der Waals surface area contributed by atoms with Crippen LogP contribution >= 0.6 is 0 Å². The van der Waals surface area contributed by atoms with Gasteiger partial charge in [0.05, 0.1) is 46.4 Å². The van der Waals surface area contributed by atoms with Gasteiger partial charge in [0, 0.05) is 18.8 Å². The van der Waals surface area contributed by atoms with Crippen molar-refractivity contribution in [1.82, 2.24) is 20.3 Å². The van der Waals surface area contributed by atoms with Crippen LogP contribution in [0.15, 0.2) is 48.9 Å². The number of ketones is 1. The summed E-state index contributed by atoms with van der Waals surface area (Å²) in [5, 5.41) is 5.57. The Hall–Kier alpha value is -3.82. The van der Waals surface area contributed by atoms with Crippen LogP contribution in [0.3, 0.4) is 0 Å². The molecule has 0 atom stereocenters. The van der Waals surface area contributed by atoms with Crippen molar-refractivity contribution in [3.8, 4) is 0 Å². The van der Waals surface area contributed by atoms with E-state index in [0.29, 0.717) is 41.2 Å². The Kier molecular flexibility index (Phi) is 6.56. The molecule has 0 unspecified atom stereocenters. The summed E-state index contributed by atoms with van der Waals surface area (Å²) in [5.74, 6) is 0.159. The number of rotatable bonds is 8. The summed E-state index contributed by atoms with van der Waals surface area (Å²) < 4.78 is 40.0. The number of alkyl halides is 3. The van der Waals surface area contributed by atoms with Gasteiger partial charge in [0.15, 0.2) is 5.78 Å². The van der Waals surface area contributed by atoms with Gasteiger partial charge in [-0.15, -0.1) is 0 Å². The number of carbonyl (C=O) groups is 2. The van der Waals surface area contributed by atoms with E-state index in [-0.39, 0.29) is 30.3 Å². The van der Waals surface area contributed by atoms with E-state index in [0.717, 1.165) is 6.07 Å². The van der Waals surface area contributed by atoms with E-state index < -0.39 is 17.2 Å². The monoisotopic (exact) mass is 483 g/mol. The molecule has 0 saturated heterocycles. The number of hydrogen-bond donors (Lipinski definition) is 2. The molecule has 1 saturated carbocycles. The zero-order chi connectivity index (χ0) is 25.2. The van der Waals surface area contributed by atoms with E-state index in [2.05, 4.69) is 25.6 Å². The summed E-state index contributed by atoms with van der Waals surface area (Å²) in [6.07, 6.45) is 1.17. The van der Waals surface area contributed by atoms with Crippen molar-refractivity contribution in [2.24, 2.45) is 5.41 Å². The third kappa shape index (κ3) is 5.82. The molecule has 1 aliphatic rings. The van der Waals surface area contributed by atoms with E-state index in [1.807, 2.05) is 0 Å². The van der Waals surface area contributed by atoms with Crippen LogP contribution < -0.4 is 10.6 Å². The van der Waals surface area contributed by atoms with Crippen LogP contribution in [0, 0.1) is 19.3 Å². The van der Waals surface area contributed by atoms with E-state index in [9.17, 15) is 22.8 Å². The van der Waals surface area contributed by atoms with Crippen LogP contribution in [0.5, 0.6) is 0 Å². The molecule has 4 rings (SSSR count). The van der Waals surface area contributed by atoms with Crippen LogP contribution in [0.4, 0.5) is 24.5 Å². The number of Topliss-reactive ketones (excluding diaryl/α,β-unsaturated/α-hetero) is 1. The number of carbonyl (C=O) groups excluding carboxylic acids is 2. The zero-order valence-corrected chi connectivity index (χ0v) is 19.2. The summed E-state index contributed by atoms with van der Waals surface area (Å²) in [4.78, 5) is 37.6. The third-order valence-electron chi connectivity index (χ3n) is 5.95. The molecule has 2 aromatic heterocycles. The zero-order valence-electron chi connectivity index (χ0n) is 19.2. The highest BCUT2D eigenvalue weighted by atomic mass is 19.4. The van der Waals surface area contributed by atoms with Crippen molar-refractivity contribution < 1.29 is 22.8 Å². The van der Waals surface area contributed by atoms with E-state index >= 15 is 0 Å². The van der Waals surface area contributed by atoms with E-state index in [1.54, 1.807) is 32.0 Å². The second-order valence-electron chi connectivity index (χ2n) is 8.79. The standard InChI is InChI=1S/C25H24F3N5O2/c1-15-3-6-21(20(9-15)25(26,27)28)33-19-5-4-18(31-14-19)13-32-23(35)24(7-8-24)10-22(34)17-11-29-16(2)30-12-17/h3-6,9,11-12,14,33H,7-8,10,13H2,1-2H3,(H,32,35). The van der Waals surface area contributed by atoms with Crippen molar-refractivity contribution >= 4 is 23.1 Å². The molecule has 0 radical (unpaired) electrons. The molecular formula is C25H24F3N5O2. The van der Waals surface area contributed by atoms with E-state index in [4.69, 9.17) is 0 Å². The van der Waals surface area contributed by atoms with Crippen LogP contribution in [-0.2, 0) is 17.5 Å². The molecule has 0 aliphatic heterocycles. The predicted molar refractivity (Wildman–Crippen MR) is 123 cm³/mol. The fraction of sp³-hybridized carbons (Fsp3) is 0.320. The Labute approximate surface area is 200 Å². The van der Waals surface area contributed by atoms with Crippen LogP contribution in [0.1, 0.15) is 52.3 Å². The van der Waals surface area contributed by atoms with Crippen LogP contribution in [-0.4, -0.2) is 26.6 Å². The van der Waals surface area contributed by atoms with Gasteiger partial charge >= 0.3 is 6.18 Å². The number of hydrogen-bond acceptors (Lipinski definition) is 6. The Morgan fingerprint density at radius 1 is 1.00 bits per heavy atom. The van der Waals surface area contributed by atoms with Gasteiger partial charge in [-0.3, -0.25) is 14.6 Å². The predicted octanol–water partition coefficient (Wildman–Crippen LogP) is 4.92. The molecule has 3 aromatic rings. The first-order valence-electron chi connectivity index (χ1n) is 11.1. The highest BCUT2D eigenvalue weighted by Crippen LogP contribution is 2.49. The molecule has 10 heteroatoms. The van der Waals surface area contributed by atoms with Gasteiger partial charge in [-0.05, 0) is 51.0 Å². The topological polar surface area (TPSA) is 96.9 Å². The van der Waals surface area contributed by atoms with Crippen molar-refractivity contribution in [1.29, 1.82) is 0 Å². The summed E-state index contributed by atoms with van der Waals surface area (Å²) in [6, 6.07) is 7.29. The number of nitrogens with one attached hydrogen (secondary N) is 2. The third-order valence-corrected chi connectivity index (χ3v) is 5.95. The number of anilines is 2. The summed E-state index contributed by atoms with van der Waals surface area (Å²) in [6.45, 7) is 3.46. The average Bonchev–Trinajstić information content (AvgIpc) is 3.60. The number of amides is 1. The average molecular weight is 483 g/mol. The number of nitrogens with zero attached hydrogens (tertiary/aromatic N) is 3. The fourth-order valence-electron chi connectivity index (χ4n) is 3.70. The number of halogens is 3. The molecule has 2 heterocycles. The lowest BCUT2D eigenvalue weighted by Crippen LogP contribution is -2.33. The van der Waals surface area contributed by atoms with Crippen molar-refractivity contribution in [3.63, 3.8) is 0 Å². The molecule has 1 amide bonds. The van der Waals surface area contributed by atoms with Gasteiger partial charge in [0.2, 0.25) is 5.91 Å². The Morgan fingerprint density at radius 2 is 1.71 bits per heavy atom. The van der Waals surface area contributed by atoms with Gasteiger partial charge < -0.3 is 10.6 Å². The van der Waals surface area contributed by atoms with Gasteiger partial charge in [-0.25, -0.2) is 9.97 Å². The lowest BCUT2D eigenvalue weighted by Gasteiger charge is -2.16. The molecule has 1 aliphatic carbocycles. The summed E-state index contributed by atoms with van der Waals surface area (Å²) in [7, 11) is 0. The van der Waals surface area contributed by atoms with Crippen molar-refractivity contribution in [3.05, 3.63) is 77.1 Å². The largest absolute Gasteiger partial charge is 0.418 e. The van der Waals surface area contributed by atoms with Crippen molar-refractivity contribution in [2.45, 2.75) is 45.8 Å². The summed E-state index contributed by atoms with van der Waals surface area (Å²) in [5.41, 5.74) is 0.261.